The van der Waals surface area contributed by atoms with Crippen LogP contribution in [0.5, 0.6) is 5.75 Å². The summed E-state index contributed by atoms with van der Waals surface area (Å²) < 4.78 is 5.13. The van der Waals surface area contributed by atoms with Crippen molar-refractivity contribution < 1.29 is 9.53 Å². The molecular formula is C12H18N2O2S. The van der Waals surface area contributed by atoms with Crippen molar-refractivity contribution in [2.24, 2.45) is 0 Å². The zero-order chi connectivity index (χ0) is 12.8. The number of benzene rings is 1. The molecule has 1 atom stereocenters. The first-order valence-electron chi connectivity index (χ1n) is 5.33. The van der Waals surface area contributed by atoms with Gasteiger partial charge in [-0.25, -0.2) is 0 Å². The summed E-state index contributed by atoms with van der Waals surface area (Å²) in [4.78, 5) is 12.0. The Labute approximate surface area is 106 Å². The Kier molecular flexibility index (Phi) is 5.15. The molecule has 1 aromatic carbocycles. The third kappa shape index (κ3) is 3.56. The smallest absolute Gasteiger partial charge is 0.257 e. The van der Waals surface area contributed by atoms with Crippen molar-refractivity contribution in [1.82, 2.24) is 5.32 Å². The number of anilines is 1. The fraction of sp³-hybridized carbons (Fsp3) is 0.417. The van der Waals surface area contributed by atoms with Gasteiger partial charge in [0.15, 0.2) is 0 Å². The number of hydrogen-bond donors (Lipinski definition) is 2. The second-order valence-electron chi connectivity index (χ2n) is 3.68. The van der Waals surface area contributed by atoms with E-state index < -0.39 is 0 Å². The normalized spacial score (nSPS) is 11.9. The summed E-state index contributed by atoms with van der Waals surface area (Å²) in [5.74, 6) is 0.306. The number of amides is 1. The number of ether oxygens (including phenoxy) is 1. The molecule has 4 nitrogen and oxygen atoms in total. The third-order valence-electron chi connectivity index (χ3n) is 2.46. The van der Waals surface area contributed by atoms with Gasteiger partial charge in [-0.2, -0.15) is 11.8 Å². The molecule has 0 spiro atoms. The maximum Gasteiger partial charge on any atom is 0.257 e. The third-order valence-corrected chi connectivity index (χ3v) is 3.43. The number of carbonyl (C=O) groups excluding carboxylic acids is 1. The van der Waals surface area contributed by atoms with Crippen molar-refractivity contribution in [3.05, 3.63) is 23.8 Å². The van der Waals surface area contributed by atoms with Crippen LogP contribution in [0.3, 0.4) is 0 Å². The molecule has 1 unspecified atom stereocenters. The van der Waals surface area contributed by atoms with Gasteiger partial charge in [-0.1, -0.05) is 13.0 Å². The first-order chi connectivity index (χ1) is 8.10. The number of hydrogen-bond acceptors (Lipinski definition) is 4. The Bertz CT molecular complexity index is 396. The van der Waals surface area contributed by atoms with E-state index in [2.05, 4.69) is 12.2 Å². The summed E-state index contributed by atoms with van der Waals surface area (Å²) in [5, 5.41) is 3.22. The molecule has 0 aliphatic rings. The molecule has 1 rings (SSSR count). The first kappa shape index (κ1) is 13.7. The predicted molar refractivity (Wildman–Crippen MR) is 72.7 cm³/mol. The molecule has 5 heteroatoms. The van der Waals surface area contributed by atoms with Crippen molar-refractivity contribution in [3.63, 3.8) is 0 Å². The fourth-order valence-corrected chi connectivity index (χ4v) is 1.62. The molecule has 0 radical (unpaired) electrons. The second-order valence-corrected chi connectivity index (χ2v) is 4.96. The van der Waals surface area contributed by atoms with Gasteiger partial charge in [0, 0.05) is 17.5 Å². The van der Waals surface area contributed by atoms with Crippen LogP contribution < -0.4 is 15.8 Å². The molecule has 1 aromatic rings. The van der Waals surface area contributed by atoms with Crippen molar-refractivity contribution in [2.75, 3.05) is 25.6 Å². The molecule has 0 saturated heterocycles. The number of thioether (sulfide) groups is 1. The van der Waals surface area contributed by atoms with E-state index in [9.17, 15) is 4.79 Å². The van der Waals surface area contributed by atoms with Gasteiger partial charge in [0.2, 0.25) is 0 Å². The minimum absolute atomic E-state index is 0.194. The van der Waals surface area contributed by atoms with Crippen LogP contribution in [0.15, 0.2) is 18.2 Å². The van der Waals surface area contributed by atoms with E-state index in [0.29, 0.717) is 28.8 Å². The fourth-order valence-electron chi connectivity index (χ4n) is 1.37. The van der Waals surface area contributed by atoms with Gasteiger partial charge in [-0.05, 0) is 18.4 Å². The highest BCUT2D eigenvalue weighted by Gasteiger charge is 2.15. The van der Waals surface area contributed by atoms with Crippen molar-refractivity contribution >= 4 is 23.4 Å². The summed E-state index contributed by atoms with van der Waals surface area (Å²) in [6, 6.07) is 5.17. The van der Waals surface area contributed by atoms with Gasteiger partial charge in [0.1, 0.15) is 11.3 Å². The Morgan fingerprint density at radius 3 is 2.88 bits per heavy atom. The van der Waals surface area contributed by atoms with Crippen LogP contribution in [0, 0.1) is 0 Å². The van der Waals surface area contributed by atoms with E-state index in [1.807, 2.05) is 6.26 Å². The van der Waals surface area contributed by atoms with E-state index in [1.54, 1.807) is 30.0 Å². The Balaban J connectivity index is 2.81. The number of rotatable bonds is 5. The van der Waals surface area contributed by atoms with Crippen LogP contribution in [0.2, 0.25) is 0 Å². The lowest BCUT2D eigenvalue weighted by Crippen LogP contribution is -2.30. The number of carbonyl (C=O) groups is 1. The summed E-state index contributed by atoms with van der Waals surface area (Å²) in [6.45, 7) is 2.66. The van der Waals surface area contributed by atoms with Gasteiger partial charge in [0.05, 0.1) is 7.11 Å². The molecule has 94 valence electrons. The van der Waals surface area contributed by atoms with E-state index in [4.69, 9.17) is 10.5 Å². The largest absolute Gasteiger partial charge is 0.496 e. The van der Waals surface area contributed by atoms with Crippen molar-refractivity contribution in [1.29, 1.82) is 0 Å². The number of nitrogens with one attached hydrogen (secondary N) is 1. The molecule has 0 aliphatic carbocycles. The maximum absolute atomic E-state index is 12.0. The van der Waals surface area contributed by atoms with E-state index >= 15 is 0 Å². The van der Waals surface area contributed by atoms with E-state index in [-0.39, 0.29) is 5.91 Å². The molecule has 0 aromatic heterocycles. The molecule has 0 heterocycles. The average molecular weight is 254 g/mol. The van der Waals surface area contributed by atoms with Crippen molar-refractivity contribution in [2.45, 2.75) is 12.2 Å². The van der Waals surface area contributed by atoms with Crippen LogP contribution in [-0.4, -0.2) is 31.1 Å². The standard InChI is InChI=1S/C12H18N2O2S/c1-8(17-3)7-14-12(15)11-9(13)5-4-6-10(11)16-2/h4-6,8H,7,13H2,1-3H3,(H,14,15). The lowest BCUT2D eigenvalue weighted by Gasteiger charge is -2.13. The number of methoxy groups -OCH3 is 1. The first-order valence-corrected chi connectivity index (χ1v) is 6.62. The summed E-state index contributed by atoms with van der Waals surface area (Å²) in [7, 11) is 1.52. The van der Waals surface area contributed by atoms with Crippen LogP contribution in [0.4, 0.5) is 5.69 Å². The lowest BCUT2D eigenvalue weighted by atomic mass is 10.1. The molecule has 0 fully saturated rings. The zero-order valence-electron chi connectivity index (χ0n) is 10.3. The van der Waals surface area contributed by atoms with Crippen LogP contribution in [0.25, 0.3) is 0 Å². The highest BCUT2D eigenvalue weighted by Crippen LogP contribution is 2.23. The van der Waals surface area contributed by atoms with Gasteiger partial charge >= 0.3 is 0 Å². The SMILES string of the molecule is COc1cccc(N)c1C(=O)NCC(C)SC. The highest BCUT2D eigenvalue weighted by atomic mass is 32.2. The number of nitrogen functional groups attached to an aromatic ring is 1. The number of nitrogens with two attached hydrogens (primary N) is 1. The quantitative estimate of drug-likeness (QED) is 0.786. The predicted octanol–water partition coefficient (Wildman–Crippen LogP) is 1.76. The van der Waals surface area contributed by atoms with Crippen LogP contribution >= 0.6 is 11.8 Å². The molecule has 1 amide bonds. The van der Waals surface area contributed by atoms with E-state index in [0.717, 1.165) is 0 Å². The molecule has 17 heavy (non-hydrogen) atoms. The Hall–Kier alpha value is -1.36. The maximum atomic E-state index is 12.0. The molecule has 0 aliphatic heterocycles. The monoisotopic (exact) mass is 254 g/mol. The summed E-state index contributed by atoms with van der Waals surface area (Å²) in [6.07, 6.45) is 2.01. The Morgan fingerprint density at radius 2 is 2.29 bits per heavy atom. The molecule has 0 bridgehead atoms. The topological polar surface area (TPSA) is 64.3 Å². The molecule has 0 saturated carbocycles. The lowest BCUT2D eigenvalue weighted by molar-refractivity contribution is 0.0952. The van der Waals surface area contributed by atoms with E-state index in [1.165, 1.54) is 7.11 Å². The van der Waals surface area contributed by atoms with Gasteiger partial charge in [-0.3, -0.25) is 4.79 Å². The minimum atomic E-state index is -0.194. The minimum Gasteiger partial charge on any atom is -0.496 e. The Morgan fingerprint density at radius 1 is 1.59 bits per heavy atom. The highest BCUT2D eigenvalue weighted by molar-refractivity contribution is 7.99. The van der Waals surface area contributed by atoms with Gasteiger partial charge < -0.3 is 15.8 Å². The van der Waals surface area contributed by atoms with Gasteiger partial charge in [-0.15, -0.1) is 0 Å². The zero-order valence-corrected chi connectivity index (χ0v) is 11.1. The summed E-state index contributed by atoms with van der Waals surface area (Å²) in [5.41, 5.74) is 6.63. The van der Waals surface area contributed by atoms with Crippen LogP contribution in [0.1, 0.15) is 17.3 Å². The molecular weight excluding hydrogens is 236 g/mol. The van der Waals surface area contributed by atoms with Crippen LogP contribution in [-0.2, 0) is 0 Å². The van der Waals surface area contributed by atoms with Gasteiger partial charge in [0.25, 0.3) is 5.91 Å². The second kappa shape index (κ2) is 6.39. The summed E-state index contributed by atoms with van der Waals surface area (Å²) >= 11 is 1.70. The molecule has 3 N–H and O–H groups in total. The average Bonchev–Trinajstić information content (AvgIpc) is 2.34. The van der Waals surface area contributed by atoms with Crippen molar-refractivity contribution in [3.8, 4) is 5.75 Å².